The Morgan fingerprint density at radius 2 is 1.02 bits per heavy atom. The molecule has 6 heteroatoms. The van der Waals surface area contributed by atoms with Crippen molar-refractivity contribution in [3.8, 4) is 0 Å². The Bertz CT molecular complexity index is 1430. The van der Waals surface area contributed by atoms with Crippen LogP contribution in [-0.2, 0) is 54.8 Å². The van der Waals surface area contributed by atoms with Gasteiger partial charge >= 0.3 is 0 Å². The van der Waals surface area contributed by atoms with E-state index in [1.165, 1.54) is 0 Å². The lowest BCUT2D eigenvalue weighted by Crippen LogP contribution is -2.68. The van der Waals surface area contributed by atoms with Crippen molar-refractivity contribution in [1.29, 1.82) is 0 Å². The number of hydrogen-bond donors (Lipinski definition) is 0. The van der Waals surface area contributed by atoms with Gasteiger partial charge in [-0.05, 0) is 22.3 Å². The summed E-state index contributed by atoms with van der Waals surface area (Å²) in [5.74, 6) is -1.24. The van der Waals surface area contributed by atoms with Crippen LogP contribution in [0.4, 0.5) is 0 Å². The second kappa shape index (κ2) is 17.7. The number of hydrogen-bond acceptors (Lipinski definition) is 6. The molecule has 4 aromatic carbocycles. The molecule has 0 saturated carbocycles. The minimum absolute atomic E-state index is 0.248. The van der Waals surface area contributed by atoms with E-state index in [0.29, 0.717) is 32.8 Å². The van der Waals surface area contributed by atoms with Gasteiger partial charge in [-0.3, -0.25) is 0 Å². The Balaban J connectivity index is 1.50. The van der Waals surface area contributed by atoms with Crippen LogP contribution >= 0.6 is 0 Å². The smallest absolute Gasteiger partial charge is 0.201 e. The van der Waals surface area contributed by atoms with Crippen LogP contribution in [0.3, 0.4) is 0 Å². The maximum Gasteiger partial charge on any atom is 0.201 e. The minimum Gasteiger partial charge on any atom is -0.374 e. The molecule has 1 heterocycles. The Morgan fingerprint density at radius 1 is 0.565 bits per heavy atom. The molecule has 240 valence electrons. The topological polar surface area (TPSA) is 55.4 Å². The number of ether oxygens (including phenoxy) is 6. The lowest BCUT2D eigenvalue weighted by Gasteiger charge is -2.52. The quantitative estimate of drug-likeness (QED) is 0.106. The third kappa shape index (κ3) is 9.33. The zero-order valence-corrected chi connectivity index (χ0v) is 26.3. The molecule has 4 aromatic rings. The molecule has 1 aliphatic rings. The van der Waals surface area contributed by atoms with Crippen LogP contribution in [0, 0.1) is 0 Å². The van der Waals surface area contributed by atoms with Gasteiger partial charge in [0.2, 0.25) is 5.79 Å². The van der Waals surface area contributed by atoms with Gasteiger partial charge in [0.25, 0.3) is 0 Å². The molecule has 5 rings (SSSR count). The van der Waals surface area contributed by atoms with Crippen molar-refractivity contribution >= 4 is 0 Å². The molecule has 0 aliphatic carbocycles. The van der Waals surface area contributed by atoms with Crippen molar-refractivity contribution in [2.75, 3.05) is 13.2 Å². The fourth-order valence-electron chi connectivity index (χ4n) is 5.66. The Labute approximate surface area is 273 Å². The zero-order chi connectivity index (χ0) is 31.9. The van der Waals surface area contributed by atoms with E-state index < -0.39 is 30.2 Å². The van der Waals surface area contributed by atoms with E-state index in [1.54, 1.807) is 12.2 Å². The first-order valence-electron chi connectivity index (χ1n) is 15.8. The monoisotopic (exact) mass is 620 g/mol. The highest BCUT2D eigenvalue weighted by molar-refractivity contribution is 5.17. The van der Waals surface area contributed by atoms with Crippen molar-refractivity contribution in [2.45, 2.75) is 63.1 Å². The maximum atomic E-state index is 6.94. The van der Waals surface area contributed by atoms with Crippen molar-refractivity contribution in [3.05, 3.63) is 169 Å². The van der Waals surface area contributed by atoms with E-state index in [4.69, 9.17) is 28.4 Å². The van der Waals surface area contributed by atoms with Gasteiger partial charge < -0.3 is 28.4 Å². The van der Waals surface area contributed by atoms with E-state index in [2.05, 4.69) is 13.2 Å². The molecule has 5 atom stereocenters. The summed E-state index contributed by atoms with van der Waals surface area (Å²) in [5.41, 5.74) is 4.17. The van der Waals surface area contributed by atoms with Crippen molar-refractivity contribution in [2.24, 2.45) is 0 Å². The lowest BCUT2D eigenvalue weighted by molar-refractivity contribution is -0.379. The molecule has 0 N–H and O–H groups in total. The van der Waals surface area contributed by atoms with Gasteiger partial charge in [0.05, 0.1) is 39.6 Å². The Hall–Kier alpha value is -3.88. The predicted octanol–water partition coefficient (Wildman–Crippen LogP) is 7.83. The highest BCUT2D eigenvalue weighted by Crippen LogP contribution is 2.40. The lowest BCUT2D eigenvalue weighted by atomic mass is 9.89. The van der Waals surface area contributed by atoms with Crippen LogP contribution < -0.4 is 0 Å². The molecule has 6 nitrogen and oxygen atoms in total. The largest absolute Gasteiger partial charge is 0.374 e. The molecule has 0 bridgehead atoms. The second-order valence-corrected chi connectivity index (χ2v) is 11.3. The molecule has 0 amide bonds. The average molecular weight is 621 g/mol. The molecule has 1 fully saturated rings. The molecule has 1 saturated heterocycles. The Kier molecular flexibility index (Phi) is 12.9. The van der Waals surface area contributed by atoms with Gasteiger partial charge in [-0.25, -0.2) is 0 Å². The third-order valence-corrected chi connectivity index (χ3v) is 7.88. The molecular formula is C40H44O6. The zero-order valence-electron chi connectivity index (χ0n) is 26.3. The average Bonchev–Trinajstić information content (AvgIpc) is 3.11. The van der Waals surface area contributed by atoms with E-state index in [0.717, 1.165) is 22.3 Å². The first-order chi connectivity index (χ1) is 22.7. The molecule has 46 heavy (non-hydrogen) atoms. The highest BCUT2D eigenvalue weighted by atomic mass is 16.7. The first-order valence-corrected chi connectivity index (χ1v) is 15.8. The summed E-state index contributed by atoms with van der Waals surface area (Å²) in [6.07, 6.45) is 1.49. The molecule has 0 spiro atoms. The molecule has 1 aliphatic heterocycles. The molecule has 0 radical (unpaired) electrons. The minimum atomic E-state index is -1.24. The van der Waals surface area contributed by atoms with E-state index >= 15 is 0 Å². The third-order valence-electron chi connectivity index (χ3n) is 7.88. The van der Waals surface area contributed by atoms with Gasteiger partial charge in [0.1, 0.15) is 24.4 Å². The summed E-state index contributed by atoms with van der Waals surface area (Å²) in [4.78, 5) is 0. The van der Waals surface area contributed by atoms with Crippen LogP contribution in [0.1, 0.15) is 28.7 Å². The maximum absolute atomic E-state index is 6.94. The second-order valence-electron chi connectivity index (χ2n) is 11.3. The van der Waals surface area contributed by atoms with Crippen molar-refractivity contribution in [1.82, 2.24) is 0 Å². The number of rotatable bonds is 18. The Morgan fingerprint density at radius 3 is 1.50 bits per heavy atom. The number of benzene rings is 4. The molecular weight excluding hydrogens is 576 g/mol. The highest BCUT2D eigenvalue weighted by Gasteiger charge is 2.57. The summed E-state index contributed by atoms with van der Waals surface area (Å²) in [5, 5.41) is 0. The van der Waals surface area contributed by atoms with Gasteiger partial charge in [0.15, 0.2) is 0 Å². The summed E-state index contributed by atoms with van der Waals surface area (Å²) in [6.45, 7) is 9.93. The predicted molar refractivity (Wildman–Crippen MR) is 180 cm³/mol. The summed E-state index contributed by atoms with van der Waals surface area (Å²) >= 11 is 0. The summed E-state index contributed by atoms with van der Waals surface area (Å²) < 4.78 is 40.1. The van der Waals surface area contributed by atoms with E-state index in [9.17, 15) is 0 Å². The molecule has 0 unspecified atom stereocenters. The van der Waals surface area contributed by atoms with Crippen LogP contribution in [0.15, 0.2) is 147 Å². The summed E-state index contributed by atoms with van der Waals surface area (Å²) in [6, 6.07) is 40.3. The first kappa shape index (κ1) is 33.5. The van der Waals surface area contributed by atoms with E-state index in [-0.39, 0.29) is 13.2 Å². The van der Waals surface area contributed by atoms with Crippen LogP contribution in [0.5, 0.6) is 0 Å². The molecule has 0 aromatic heterocycles. The van der Waals surface area contributed by atoms with Gasteiger partial charge in [-0.15, -0.1) is 13.2 Å². The van der Waals surface area contributed by atoms with Crippen molar-refractivity contribution < 1.29 is 28.4 Å². The fourth-order valence-corrected chi connectivity index (χ4v) is 5.66. The van der Waals surface area contributed by atoms with Crippen molar-refractivity contribution in [3.63, 3.8) is 0 Å². The normalized spacial score (nSPS) is 22.7. The van der Waals surface area contributed by atoms with Gasteiger partial charge in [0, 0.05) is 6.42 Å². The van der Waals surface area contributed by atoms with Gasteiger partial charge in [-0.2, -0.15) is 0 Å². The summed E-state index contributed by atoms with van der Waals surface area (Å²) in [7, 11) is 0. The standard InChI is InChI=1S/C40H44O6/c1-3-25-40(45-26-4-2)39(44-30-35-23-15-8-16-24-35)38(43-29-34-21-13-7-14-22-34)37(42-28-33-19-11-6-12-20-33)36(46-40)31-41-27-32-17-9-5-10-18-32/h3-24,36-39H,1-2,25-31H2/t36-,37+,38+,39-,40+/m1/s1. The van der Waals surface area contributed by atoms with Crippen LogP contribution in [-0.4, -0.2) is 43.4 Å². The SMILES string of the molecule is C=CCO[C@@]1(CC=C)O[C@H](COCc2ccccc2)[C@H](OCc2ccccc2)[C@H](OCc2ccccc2)[C@H]1OCc1ccccc1. The van der Waals surface area contributed by atoms with E-state index in [1.807, 2.05) is 121 Å². The van der Waals surface area contributed by atoms with Crippen LogP contribution in [0.2, 0.25) is 0 Å². The van der Waals surface area contributed by atoms with Gasteiger partial charge in [-0.1, -0.05) is 133 Å². The van der Waals surface area contributed by atoms with Crippen LogP contribution in [0.25, 0.3) is 0 Å². The fraction of sp³-hybridized carbons (Fsp3) is 0.300.